The zero-order chi connectivity index (χ0) is 7.47. The summed E-state index contributed by atoms with van der Waals surface area (Å²) in [6.45, 7) is 0. The zero-order valence-electron chi connectivity index (χ0n) is 6.81. The standard InChI is InChI=1S/C10H14O/c11-9-5-7-4-8(9)10(6-7)2-1-3-10/h7-8H,1-6H2/t7-,8+/m0/s1. The minimum absolute atomic E-state index is 0.515. The maximum atomic E-state index is 11.4. The van der Waals surface area contributed by atoms with Crippen molar-refractivity contribution in [3.8, 4) is 0 Å². The van der Waals surface area contributed by atoms with Gasteiger partial charge in [0.05, 0.1) is 0 Å². The van der Waals surface area contributed by atoms with E-state index in [9.17, 15) is 4.79 Å². The van der Waals surface area contributed by atoms with Gasteiger partial charge < -0.3 is 0 Å². The van der Waals surface area contributed by atoms with E-state index < -0.39 is 0 Å². The van der Waals surface area contributed by atoms with Crippen LogP contribution in [0.2, 0.25) is 0 Å². The molecule has 0 saturated heterocycles. The second kappa shape index (κ2) is 1.70. The monoisotopic (exact) mass is 150 g/mol. The average molecular weight is 150 g/mol. The summed E-state index contributed by atoms with van der Waals surface area (Å²) in [7, 11) is 0. The lowest BCUT2D eigenvalue weighted by atomic mass is 9.59. The van der Waals surface area contributed by atoms with Gasteiger partial charge in [0.25, 0.3) is 0 Å². The molecule has 3 fully saturated rings. The molecule has 1 heteroatoms. The summed E-state index contributed by atoms with van der Waals surface area (Å²) in [6, 6.07) is 0. The molecule has 0 radical (unpaired) electrons. The van der Waals surface area contributed by atoms with Crippen molar-refractivity contribution in [2.24, 2.45) is 17.3 Å². The number of carbonyl (C=O) groups excluding carboxylic acids is 1. The Morgan fingerprint density at radius 3 is 2.55 bits per heavy atom. The highest BCUT2D eigenvalue weighted by Gasteiger charge is 2.57. The van der Waals surface area contributed by atoms with Crippen LogP contribution in [0.25, 0.3) is 0 Å². The first-order valence-electron chi connectivity index (χ1n) is 4.83. The molecule has 1 nitrogen and oxygen atoms in total. The molecule has 3 aliphatic carbocycles. The van der Waals surface area contributed by atoms with Crippen LogP contribution in [-0.2, 0) is 4.79 Å². The Hall–Kier alpha value is -0.330. The molecule has 0 heterocycles. The van der Waals surface area contributed by atoms with Crippen LogP contribution in [0.1, 0.15) is 38.5 Å². The number of carbonyl (C=O) groups is 1. The molecule has 0 N–H and O–H groups in total. The molecule has 3 saturated carbocycles. The maximum absolute atomic E-state index is 11.4. The summed E-state index contributed by atoms with van der Waals surface area (Å²) in [4.78, 5) is 11.4. The summed E-state index contributed by atoms with van der Waals surface area (Å²) in [5.74, 6) is 1.91. The van der Waals surface area contributed by atoms with Gasteiger partial charge in [-0.1, -0.05) is 6.42 Å². The molecule has 11 heavy (non-hydrogen) atoms. The van der Waals surface area contributed by atoms with E-state index in [2.05, 4.69) is 0 Å². The summed E-state index contributed by atoms with van der Waals surface area (Å²) in [6.07, 6.45) is 7.67. The number of fused-ring (bicyclic) bond motifs is 3. The van der Waals surface area contributed by atoms with Crippen LogP contribution in [0.15, 0.2) is 0 Å². The predicted molar refractivity (Wildman–Crippen MR) is 42.1 cm³/mol. The fraction of sp³-hybridized carbons (Fsp3) is 0.900. The van der Waals surface area contributed by atoms with Crippen molar-refractivity contribution in [3.05, 3.63) is 0 Å². The molecule has 0 aromatic heterocycles. The van der Waals surface area contributed by atoms with Crippen LogP contribution in [0, 0.1) is 17.3 Å². The van der Waals surface area contributed by atoms with E-state index in [4.69, 9.17) is 0 Å². The Balaban J connectivity index is 1.95. The molecule has 0 amide bonds. The Kier molecular flexibility index (Phi) is 0.961. The number of hydrogen-bond acceptors (Lipinski definition) is 1. The van der Waals surface area contributed by atoms with Gasteiger partial charge in [-0.25, -0.2) is 0 Å². The topological polar surface area (TPSA) is 17.1 Å². The minimum Gasteiger partial charge on any atom is -0.299 e. The van der Waals surface area contributed by atoms with E-state index in [1.807, 2.05) is 0 Å². The van der Waals surface area contributed by atoms with Gasteiger partial charge in [0.1, 0.15) is 5.78 Å². The molecule has 1 spiro atoms. The Bertz CT molecular complexity index is 215. The molecule has 0 aromatic carbocycles. The molecule has 0 aliphatic heterocycles. The highest BCUT2D eigenvalue weighted by Crippen LogP contribution is 2.63. The van der Waals surface area contributed by atoms with Crippen LogP contribution in [0.4, 0.5) is 0 Å². The second-order valence-electron chi connectivity index (χ2n) is 4.74. The lowest BCUT2D eigenvalue weighted by molar-refractivity contribution is -0.128. The zero-order valence-corrected chi connectivity index (χ0v) is 6.81. The molecule has 3 aliphatic rings. The van der Waals surface area contributed by atoms with Crippen LogP contribution in [0.3, 0.4) is 0 Å². The van der Waals surface area contributed by atoms with E-state index in [1.165, 1.54) is 32.1 Å². The first-order valence-corrected chi connectivity index (χ1v) is 4.83. The van der Waals surface area contributed by atoms with Gasteiger partial charge in [-0.2, -0.15) is 0 Å². The van der Waals surface area contributed by atoms with Gasteiger partial charge in [-0.3, -0.25) is 4.79 Å². The maximum Gasteiger partial charge on any atom is 0.136 e. The van der Waals surface area contributed by atoms with Crippen molar-refractivity contribution in [1.29, 1.82) is 0 Å². The second-order valence-corrected chi connectivity index (χ2v) is 4.74. The molecular formula is C10H14O. The van der Waals surface area contributed by atoms with E-state index in [-0.39, 0.29) is 0 Å². The highest BCUT2D eigenvalue weighted by molar-refractivity contribution is 5.85. The van der Waals surface area contributed by atoms with Crippen molar-refractivity contribution in [2.75, 3.05) is 0 Å². The molecule has 2 atom stereocenters. The van der Waals surface area contributed by atoms with Crippen LogP contribution < -0.4 is 0 Å². The van der Waals surface area contributed by atoms with Crippen molar-refractivity contribution in [3.63, 3.8) is 0 Å². The summed E-state index contributed by atoms with van der Waals surface area (Å²) < 4.78 is 0. The predicted octanol–water partition coefficient (Wildman–Crippen LogP) is 2.16. The molecule has 0 unspecified atom stereocenters. The normalized spacial score (nSPS) is 44.9. The van der Waals surface area contributed by atoms with Gasteiger partial charge in [0, 0.05) is 12.3 Å². The third kappa shape index (κ3) is 0.605. The Labute approximate surface area is 67.2 Å². The van der Waals surface area contributed by atoms with E-state index in [0.29, 0.717) is 17.1 Å². The Morgan fingerprint density at radius 2 is 2.18 bits per heavy atom. The fourth-order valence-electron chi connectivity index (χ4n) is 3.62. The summed E-state index contributed by atoms with van der Waals surface area (Å²) >= 11 is 0. The molecular weight excluding hydrogens is 136 g/mol. The first-order chi connectivity index (χ1) is 5.30. The number of rotatable bonds is 0. The van der Waals surface area contributed by atoms with Crippen molar-refractivity contribution < 1.29 is 4.79 Å². The van der Waals surface area contributed by atoms with E-state index in [1.54, 1.807) is 0 Å². The number of hydrogen-bond donors (Lipinski definition) is 0. The van der Waals surface area contributed by atoms with Gasteiger partial charge in [-0.15, -0.1) is 0 Å². The van der Waals surface area contributed by atoms with E-state index in [0.717, 1.165) is 12.3 Å². The lowest BCUT2D eigenvalue weighted by Gasteiger charge is -2.44. The van der Waals surface area contributed by atoms with Crippen LogP contribution >= 0.6 is 0 Å². The van der Waals surface area contributed by atoms with Crippen molar-refractivity contribution in [1.82, 2.24) is 0 Å². The van der Waals surface area contributed by atoms with Crippen LogP contribution in [-0.4, -0.2) is 5.78 Å². The third-order valence-electron chi connectivity index (χ3n) is 4.23. The fourth-order valence-corrected chi connectivity index (χ4v) is 3.62. The molecule has 3 rings (SSSR count). The summed E-state index contributed by atoms with van der Waals surface area (Å²) in [5, 5.41) is 0. The quantitative estimate of drug-likeness (QED) is 0.517. The largest absolute Gasteiger partial charge is 0.299 e. The number of ketones is 1. The smallest absolute Gasteiger partial charge is 0.136 e. The van der Waals surface area contributed by atoms with Crippen LogP contribution in [0.5, 0.6) is 0 Å². The lowest BCUT2D eigenvalue weighted by Crippen LogP contribution is -2.38. The highest BCUT2D eigenvalue weighted by atomic mass is 16.1. The van der Waals surface area contributed by atoms with Crippen molar-refractivity contribution >= 4 is 5.78 Å². The van der Waals surface area contributed by atoms with Gasteiger partial charge in [0.2, 0.25) is 0 Å². The SMILES string of the molecule is O=C1C[C@@H]2C[C@H]1C1(CCC1)C2. The number of Topliss-reactive ketones (excluding diaryl/α,β-unsaturated/α-hetero) is 1. The van der Waals surface area contributed by atoms with Gasteiger partial charge in [0.15, 0.2) is 0 Å². The van der Waals surface area contributed by atoms with Gasteiger partial charge >= 0.3 is 0 Å². The Morgan fingerprint density at radius 1 is 1.36 bits per heavy atom. The average Bonchev–Trinajstić information content (AvgIpc) is 2.39. The first kappa shape index (κ1) is 6.22. The molecule has 60 valence electrons. The van der Waals surface area contributed by atoms with Crippen molar-refractivity contribution in [2.45, 2.75) is 38.5 Å². The minimum atomic E-state index is 0.515. The van der Waals surface area contributed by atoms with E-state index >= 15 is 0 Å². The summed E-state index contributed by atoms with van der Waals surface area (Å²) in [5.41, 5.74) is 0.556. The van der Waals surface area contributed by atoms with Gasteiger partial charge in [-0.05, 0) is 37.0 Å². The molecule has 2 bridgehead atoms. The third-order valence-corrected chi connectivity index (χ3v) is 4.23. The molecule has 0 aromatic rings.